The Bertz CT molecular complexity index is 411. The van der Waals surface area contributed by atoms with Gasteiger partial charge in [-0.15, -0.1) is 0 Å². The number of carbonyl (C=O) groups is 1. The highest BCUT2D eigenvalue weighted by Crippen LogP contribution is 2.17. The van der Waals surface area contributed by atoms with Crippen LogP contribution in [0, 0.1) is 0 Å². The molecule has 3 nitrogen and oxygen atoms in total. The Morgan fingerprint density at radius 3 is 3.00 bits per heavy atom. The molecule has 0 saturated heterocycles. The third-order valence-electron chi connectivity index (χ3n) is 1.58. The molecule has 0 radical (unpaired) electrons. The molecular weight excluding hydrogens is 184 g/mol. The molecule has 13 heavy (non-hydrogen) atoms. The van der Waals surface area contributed by atoms with Gasteiger partial charge in [-0.2, -0.15) is 11.3 Å². The van der Waals surface area contributed by atoms with Crippen molar-refractivity contribution >= 4 is 17.6 Å². The van der Waals surface area contributed by atoms with E-state index < -0.39 is 0 Å². The summed E-state index contributed by atoms with van der Waals surface area (Å²) < 4.78 is 0. The Balaban J connectivity index is 2.47. The van der Waals surface area contributed by atoms with E-state index in [1.54, 1.807) is 23.6 Å². The number of carbonyl (C=O) groups excluding carboxylic acids is 1. The first-order valence-corrected chi connectivity index (χ1v) is 4.65. The number of rotatable bonds is 2. The van der Waals surface area contributed by atoms with Crippen LogP contribution in [0.15, 0.2) is 29.1 Å². The molecule has 0 saturated carbocycles. The van der Waals surface area contributed by atoms with E-state index in [-0.39, 0.29) is 0 Å². The normalized spacial score (nSPS) is 9.85. The maximum absolute atomic E-state index is 10.4. The first-order chi connectivity index (χ1) is 6.40. The van der Waals surface area contributed by atoms with Crippen molar-refractivity contribution < 1.29 is 4.79 Å². The van der Waals surface area contributed by atoms with Crippen LogP contribution in [-0.4, -0.2) is 16.3 Å². The van der Waals surface area contributed by atoms with Crippen molar-refractivity contribution in [1.82, 2.24) is 9.97 Å². The van der Waals surface area contributed by atoms with Gasteiger partial charge >= 0.3 is 0 Å². The molecule has 0 aliphatic heterocycles. The summed E-state index contributed by atoms with van der Waals surface area (Å²) in [6.07, 6.45) is 2.31. The van der Waals surface area contributed by atoms with Crippen molar-refractivity contribution in [2.75, 3.05) is 0 Å². The summed E-state index contributed by atoms with van der Waals surface area (Å²) in [6, 6.07) is 3.51. The average Bonchev–Trinajstić information content (AvgIpc) is 2.71. The standard InChI is InChI=1S/C9H6N2OS/c12-5-8-1-3-10-9(11-8)7-2-4-13-6-7/h1-6H. The van der Waals surface area contributed by atoms with Gasteiger partial charge in [-0.3, -0.25) is 4.79 Å². The molecule has 0 fully saturated rings. The summed E-state index contributed by atoms with van der Waals surface area (Å²) in [5.74, 6) is 0.603. The summed E-state index contributed by atoms with van der Waals surface area (Å²) in [4.78, 5) is 18.6. The van der Waals surface area contributed by atoms with E-state index in [0.29, 0.717) is 11.5 Å². The van der Waals surface area contributed by atoms with E-state index >= 15 is 0 Å². The van der Waals surface area contributed by atoms with E-state index in [1.165, 1.54) is 0 Å². The molecule has 0 amide bonds. The van der Waals surface area contributed by atoms with Crippen LogP contribution in [0.3, 0.4) is 0 Å². The minimum absolute atomic E-state index is 0.413. The van der Waals surface area contributed by atoms with Gasteiger partial charge in [0.25, 0.3) is 0 Å². The number of hydrogen-bond donors (Lipinski definition) is 0. The third-order valence-corrected chi connectivity index (χ3v) is 2.26. The molecule has 2 aromatic rings. The number of nitrogens with zero attached hydrogens (tertiary/aromatic N) is 2. The van der Waals surface area contributed by atoms with Crippen LogP contribution >= 0.6 is 11.3 Å². The molecule has 2 aromatic heterocycles. The molecule has 0 atom stereocenters. The zero-order chi connectivity index (χ0) is 9.10. The maximum atomic E-state index is 10.4. The fraction of sp³-hybridized carbons (Fsp3) is 0. The van der Waals surface area contributed by atoms with E-state index in [1.807, 2.05) is 16.8 Å². The minimum Gasteiger partial charge on any atom is -0.296 e. The van der Waals surface area contributed by atoms with Gasteiger partial charge in [0.05, 0.1) is 0 Å². The van der Waals surface area contributed by atoms with Gasteiger partial charge in [0.2, 0.25) is 0 Å². The third kappa shape index (κ3) is 1.62. The van der Waals surface area contributed by atoms with Crippen LogP contribution in [0.5, 0.6) is 0 Å². The van der Waals surface area contributed by atoms with Gasteiger partial charge in [-0.25, -0.2) is 9.97 Å². The van der Waals surface area contributed by atoms with Crippen molar-refractivity contribution in [3.63, 3.8) is 0 Å². The van der Waals surface area contributed by atoms with Crippen molar-refractivity contribution in [1.29, 1.82) is 0 Å². The van der Waals surface area contributed by atoms with Crippen LogP contribution in [0.2, 0.25) is 0 Å². The van der Waals surface area contributed by atoms with Gasteiger partial charge < -0.3 is 0 Å². The maximum Gasteiger partial charge on any atom is 0.168 e. The number of aldehydes is 1. The average molecular weight is 190 g/mol. The number of hydrogen-bond acceptors (Lipinski definition) is 4. The molecule has 0 N–H and O–H groups in total. The highest BCUT2D eigenvalue weighted by molar-refractivity contribution is 7.08. The predicted octanol–water partition coefficient (Wildman–Crippen LogP) is 2.02. The second-order valence-corrected chi connectivity index (χ2v) is 3.22. The van der Waals surface area contributed by atoms with E-state index in [2.05, 4.69) is 9.97 Å². The van der Waals surface area contributed by atoms with E-state index in [4.69, 9.17) is 0 Å². The minimum atomic E-state index is 0.413. The first kappa shape index (κ1) is 8.07. The summed E-state index contributed by atoms with van der Waals surface area (Å²) in [5, 5.41) is 3.90. The Kier molecular flexibility index (Phi) is 2.14. The number of aromatic nitrogens is 2. The van der Waals surface area contributed by atoms with Crippen molar-refractivity contribution in [3.05, 3.63) is 34.8 Å². The molecule has 2 rings (SSSR count). The lowest BCUT2D eigenvalue weighted by Crippen LogP contribution is -1.91. The van der Waals surface area contributed by atoms with Gasteiger partial charge in [0, 0.05) is 17.1 Å². The molecule has 0 spiro atoms. The molecule has 0 bridgehead atoms. The summed E-state index contributed by atoms with van der Waals surface area (Å²) in [7, 11) is 0. The molecular formula is C9H6N2OS. The predicted molar refractivity (Wildman–Crippen MR) is 50.7 cm³/mol. The summed E-state index contributed by atoms with van der Waals surface area (Å²) >= 11 is 1.58. The molecule has 0 aliphatic carbocycles. The van der Waals surface area contributed by atoms with E-state index in [0.717, 1.165) is 11.8 Å². The van der Waals surface area contributed by atoms with Crippen LogP contribution < -0.4 is 0 Å². The zero-order valence-corrected chi connectivity index (χ0v) is 7.49. The molecule has 4 heteroatoms. The fourth-order valence-corrected chi connectivity index (χ4v) is 1.60. The Morgan fingerprint density at radius 1 is 1.38 bits per heavy atom. The molecule has 0 aliphatic rings. The van der Waals surface area contributed by atoms with Crippen molar-refractivity contribution in [2.24, 2.45) is 0 Å². The lowest BCUT2D eigenvalue weighted by molar-refractivity contribution is 0.111. The second-order valence-electron chi connectivity index (χ2n) is 2.43. The van der Waals surface area contributed by atoms with Gasteiger partial charge in [0.15, 0.2) is 12.1 Å². The quantitative estimate of drug-likeness (QED) is 0.680. The van der Waals surface area contributed by atoms with Crippen molar-refractivity contribution in [3.8, 4) is 11.4 Å². The van der Waals surface area contributed by atoms with Crippen LogP contribution in [0.4, 0.5) is 0 Å². The largest absolute Gasteiger partial charge is 0.296 e. The molecule has 2 heterocycles. The van der Waals surface area contributed by atoms with Crippen LogP contribution in [-0.2, 0) is 0 Å². The van der Waals surface area contributed by atoms with Gasteiger partial charge in [-0.05, 0) is 17.5 Å². The number of thiophene rings is 1. The van der Waals surface area contributed by atoms with Gasteiger partial charge in [0.1, 0.15) is 5.69 Å². The van der Waals surface area contributed by atoms with Crippen molar-refractivity contribution in [2.45, 2.75) is 0 Å². The Morgan fingerprint density at radius 2 is 2.31 bits per heavy atom. The van der Waals surface area contributed by atoms with E-state index in [9.17, 15) is 4.79 Å². The molecule has 0 aromatic carbocycles. The highest BCUT2D eigenvalue weighted by atomic mass is 32.1. The summed E-state index contributed by atoms with van der Waals surface area (Å²) in [6.45, 7) is 0. The Labute approximate surface area is 79.1 Å². The fourth-order valence-electron chi connectivity index (χ4n) is 0.969. The monoisotopic (exact) mass is 190 g/mol. The first-order valence-electron chi connectivity index (χ1n) is 3.71. The highest BCUT2D eigenvalue weighted by Gasteiger charge is 2.01. The lowest BCUT2D eigenvalue weighted by Gasteiger charge is -1.95. The topological polar surface area (TPSA) is 42.9 Å². The molecule has 64 valence electrons. The zero-order valence-electron chi connectivity index (χ0n) is 6.68. The molecule has 0 unspecified atom stereocenters. The van der Waals surface area contributed by atoms with Crippen LogP contribution in [0.1, 0.15) is 10.5 Å². The summed E-state index contributed by atoms with van der Waals surface area (Å²) in [5.41, 5.74) is 1.37. The second kappa shape index (κ2) is 3.45. The Hall–Kier alpha value is -1.55. The smallest absolute Gasteiger partial charge is 0.168 e. The van der Waals surface area contributed by atoms with Gasteiger partial charge in [-0.1, -0.05) is 0 Å². The lowest BCUT2D eigenvalue weighted by atomic mass is 10.3. The van der Waals surface area contributed by atoms with Crippen LogP contribution in [0.25, 0.3) is 11.4 Å². The SMILES string of the molecule is O=Cc1ccnc(-c2ccsc2)n1.